The molecule has 1 N–H and O–H groups in total. The molecule has 2 aromatic heterocycles. The number of para-hydroxylation sites is 1. The fourth-order valence-electron chi connectivity index (χ4n) is 3.82. The smallest absolute Gasteiger partial charge is 0.255 e. The van der Waals surface area contributed by atoms with Crippen LogP contribution in [0.25, 0.3) is 16.9 Å². The molecule has 2 aromatic carbocycles. The standard InChI is InChI=1S/C25H22N4O/c30-24(27-18-25(13-14-25)20-9-3-1-4-10-20)22-17-29(21-11-5-2-6-12-21)28-23(22)19-8-7-15-26-16-19/h1-12,15-17H,13-14,18H2,(H,27,30). The molecule has 0 atom stereocenters. The van der Waals surface area contributed by atoms with E-state index in [4.69, 9.17) is 5.10 Å². The van der Waals surface area contributed by atoms with E-state index in [9.17, 15) is 4.79 Å². The van der Waals surface area contributed by atoms with Gasteiger partial charge >= 0.3 is 0 Å². The van der Waals surface area contributed by atoms with E-state index in [2.05, 4.69) is 34.6 Å². The number of hydrogen-bond donors (Lipinski definition) is 1. The largest absolute Gasteiger partial charge is 0.351 e. The minimum atomic E-state index is -0.113. The van der Waals surface area contributed by atoms with Crippen molar-refractivity contribution in [2.45, 2.75) is 18.3 Å². The summed E-state index contributed by atoms with van der Waals surface area (Å²) in [5.41, 5.74) is 4.26. The molecule has 1 aliphatic carbocycles. The van der Waals surface area contributed by atoms with E-state index in [1.807, 2.05) is 48.5 Å². The summed E-state index contributed by atoms with van der Waals surface area (Å²) in [4.78, 5) is 17.4. The van der Waals surface area contributed by atoms with Crippen molar-refractivity contribution in [1.29, 1.82) is 0 Å². The molecular formula is C25H22N4O. The molecule has 4 aromatic rings. The molecule has 148 valence electrons. The minimum absolute atomic E-state index is 0.0564. The summed E-state index contributed by atoms with van der Waals surface area (Å²) in [6, 6.07) is 24.0. The Kier molecular flexibility index (Phi) is 4.64. The molecular weight excluding hydrogens is 372 g/mol. The van der Waals surface area contributed by atoms with Crippen LogP contribution in [0, 0.1) is 0 Å². The van der Waals surface area contributed by atoms with Gasteiger partial charge in [0, 0.05) is 36.1 Å². The second kappa shape index (κ2) is 7.59. The van der Waals surface area contributed by atoms with Gasteiger partial charge in [-0.05, 0) is 42.7 Å². The van der Waals surface area contributed by atoms with E-state index < -0.39 is 0 Å². The molecule has 2 heterocycles. The van der Waals surface area contributed by atoms with Crippen molar-refractivity contribution in [2.24, 2.45) is 0 Å². The zero-order valence-corrected chi connectivity index (χ0v) is 16.5. The number of rotatable bonds is 6. The third-order valence-corrected chi connectivity index (χ3v) is 5.74. The van der Waals surface area contributed by atoms with Crippen LogP contribution in [-0.2, 0) is 5.41 Å². The van der Waals surface area contributed by atoms with Crippen LogP contribution < -0.4 is 5.32 Å². The highest BCUT2D eigenvalue weighted by Crippen LogP contribution is 2.47. The molecule has 5 heteroatoms. The molecule has 0 saturated heterocycles. The Balaban J connectivity index is 1.44. The first-order valence-corrected chi connectivity index (χ1v) is 10.1. The normalized spacial score (nSPS) is 14.3. The summed E-state index contributed by atoms with van der Waals surface area (Å²) in [6.45, 7) is 0.624. The van der Waals surface area contributed by atoms with Crippen LogP contribution >= 0.6 is 0 Å². The Hall–Kier alpha value is -3.73. The van der Waals surface area contributed by atoms with Gasteiger partial charge in [-0.25, -0.2) is 4.68 Å². The fraction of sp³-hybridized carbons (Fsp3) is 0.160. The molecule has 0 spiro atoms. The second-order valence-corrected chi connectivity index (χ2v) is 7.74. The number of aromatic nitrogens is 3. The summed E-state index contributed by atoms with van der Waals surface area (Å²) in [5, 5.41) is 7.87. The average Bonchev–Trinajstić information content (AvgIpc) is 3.48. The molecule has 1 fully saturated rings. The molecule has 0 unspecified atom stereocenters. The molecule has 1 amide bonds. The van der Waals surface area contributed by atoms with Crippen LogP contribution in [0.1, 0.15) is 28.8 Å². The van der Waals surface area contributed by atoms with Gasteiger partial charge in [0.15, 0.2) is 0 Å². The van der Waals surface area contributed by atoms with E-state index in [1.54, 1.807) is 23.3 Å². The number of carbonyl (C=O) groups excluding carboxylic acids is 1. The maximum atomic E-state index is 13.2. The number of hydrogen-bond acceptors (Lipinski definition) is 3. The number of benzene rings is 2. The first-order valence-electron chi connectivity index (χ1n) is 10.1. The van der Waals surface area contributed by atoms with Crippen LogP contribution in [0.3, 0.4) is 0 Å². The predicted octanol–water partition coefficient (Wildman–Crippen LogP) is 4.40. The Labute approximate surface area is 175 Å². The van der Waals surface area contributed by atoms with Crippen molar-refractivity contribution < 1.29 is 4.79 Å². The van der Waals surface area contributed by atoms with Crippen LogP contribution in [0.15, 0.2) is 91.4 Å². The highest BCUT2D eigenvalue weighted by molar-refractivity contribution is 6.00. The predicted molar refractivity (Wildman–Crippen MR) is 116 cm³/mol. The van der Waals surface area contributed by atoms with Crippen molar-refractivity contribution >= 4 is 5.91 Å². The Morgan fingerprint density at radius 2 is 1.70 bits per heavy atom. The third-order valence-electron chi connectivity index (χ3n) is 5.74. The van der Waals surface area contributed by atoms with Crippen LogP contribution in [0.4, 0.5) is 0 Å². The highest BCUT2D eigenvalue weighted by Gasteiger charge is 2.44. The number of nitrogens with one attached hydrogen (secondary N) is 1. The summed E-state index contributed by atoms with van der Waals surface area (Å²) in [5.74, 6) is -0.113. The quantitative estimate of drug-likeness (QED) is 0.527. The van der Waals surface area contributed by atoms with Crippen molar-refractivity contribution in [3.63, 3.8) is 0 Å². The Morgan fingerprint density at radius 3 is 2.37 bits per heavy atom. The lowest BCUT2D eigenvalue weighted by molar-refractivity contribution is 0.0950. The second-order valence-electron chi connectivity index (χ2n) is 7.74. The molecule has 0 bridgehead atoms. The summed E-state index contributed by atoms with van der Waals surface area (Å²) < 4.78 is 1.75. The van der Waals surface area contributed by atoms with Gasteiger partial charge < -0.3 is 5.32 Å². The highest BCUT2D eigenvalue weighted by atomic mass is 16.1. The van der Waals surface area contributed by atoms with Crippen LogP contribution in [-0.4, -0.2) is 27.2 Å². The molecule has 30 heavy (non-hydrogen) atoms. The maximum absolute atomic E-state index is 13.2. The van der Waals surface area contributed by atoms with Crippen LogP contribution in [0.5, 0.6) is 0 Å². The average molecular weight is 394 g/mol. The van der Waals surface area contributed by atoms with Crippen molar-refractivity contribution in [3.8, 4) is 16.9 Å². The number of nitrogens with zero attached hydrogens (tertiary/aromatic N) is 3. The van der Waals surface area contributed by atoms with Gasteiger partial charge in [0.2, 0.25) is 0 Å². The van der Waals surface area contributed by atoms with Gasteiger partial charge in [-0.1, -0.05) is 48.5 Å². The van der Waals surface area contributed by atoms with Crippen molar-refractivity contribution in [3.05, 3.63) is 103 Å². The molecule has 0 radical (unpaired) electrons. The zero-order valence-electron chi connectivity index (χ0n) is 16.5. The van der Waals surface area contributed by atoms with Gasteiger partial charge in [0.05, 0.1) is 11.3 Å². The number of amides is 1. The number of pyridine rings is 1. The lowest BCUT2D eigenvalue weighted by Crippen LogP contribution is -2.32. The van der Waals surface area contributed by atoms with E-state index in [0.29, 0.717) is 17.8 Å². The molecule has 1 saturated carbocycles. The lowest BCUT2D eigenvalue weighted by atomic mass is 9.96. The Bertz CT molecular complexity index is 1150. The van der Waals surface area contributed by atoms with E-state index >= 15 is 0 Å². The summed E-state index contributed by atoms with van der Waals surface area (Å²) in [6.07, 6.45) is 7.44. The third kappa shape index (κ3) is 3.50. The van der Waals surface area contributed by atoms with Gasteiger partial charge in [-0.2, -0.15) is 5.10 Å². The number of carbonyl (C=O) groups is 1. The zero-order chi connectivity index (χ0) is 20.4. The van der Waals surface area contributed by atoms with Gasteiger partial charge in [-0.3, -0.25) is 9.78 Å². The van der Waals surface area contributed by atoms with Crippen molar-refractivity contribution in [1.82, 2.24) is 20.1 Å². The topological polar surface area (TPSA) is 59.8 Å². The van der Waals surface area contributed by atoms with E-state index in [1.165, 1.54) is 5.56 Å². The van der Waals surface area contributed by atoms with E-state index in [0.717, 1.165) is 24.1 Å². The van der Waals surface area contributed by atoms with Crippen LogP contribution in [0.2, 0.25) is 0 Å². The lowest BCUT2D eigenvalue weighted by Gasteiger charge is -2.16. The molecule has 5 nitrogen and oxygen atoms in total. The first-order chi connectivity index (χ1) is 14.8. The van der Waals surface area contributed by atoms with Gasteiger partial charge in [0.1, 0.15) is 5.69 Å². The Morgan fingerprint density at radius 1 is 0.967 bits per heavy atom. The first kappa shape index (κ1) is 18.3. The van der Waals surface area contributed by atoms with Crippen molar-refractivity contribution in [2.75, 3.05) is 6.54 Å². The monoisotopic (exact) mass is 394 g/mol. The SMILES string of the molecule is O=C(NCC1(c2ccccc2)CC1)c1cn(-c2ccccc2)nc1-c1cccnc1. The summed E-state index contributed by atoms with van der Waals surface area (Å²) >= 11 is 0. The van der Waals surface area contributed by atoms with Gasteiger partial charge in [-0.15, -0.1) is 0 Å². The van der Waals surface area contributed by atoms with E-state index in [-0.39, 0.29) is 11.3 Å². The molecule has 5 rings (SSSR count). The minimum Gasteiger partial charge on any atom is -0.351 e. The fourth-order valence-corrected chi connectivity index (χ4v) is 3.82. The maximum Gasteiger partial charge on any atom is 0.255 e. The summed E-state index contributed by atoms with van der Waals surface area (Å²) in [7, 11) is 0. The molecule has 1 aliphatic rings. The molecule has 0 aliphatic heterocycles. The van der Waals surface area contributed by atoms with Gasteiger partial charge in [0.25, 0.3) is 5.91 Å².